The Kier molecular flexibility index (Phi) is 5.22. The molecule has 1 amide bonds. The molecule has 3 rings (SSSR count). The average molecular weight is 360 g/mol. The van der Waals surface area contributed by atoms with Crippen molar-refractivity contribution in [3.8, 4) is 5.75 Å². The number of anilines is 1. The summed E-state index contributed by atoms with van der Waals surface area (Å²) in [4.78, 5) is 24.7. The normalized spacial score (nSPS) is 10.5. The first kappa shape index (κ1) is 18.2. The number of fused-ring (bicyclic) bond motifs is 1. The topological polar surface area (TPSA) is 92.4 Å². The monoisotopic (exact) mass is 360 g/mol. The van der Waals surface area contributed by atoms with Crippen LogP contribution in [-0.2, 0) is 0 Å². The van der Waals surface area contributed by atoms with Crippen molar-refractivity contribution in [1.82, 2.24) is 5.32 Å². The second kappa shape index (κ2) is 7.74. The number of aromatic hydroxyl groups is 1. The number of hydrogen-bond donors (Lipinski definition) is 3. The minimum atomic E-state index is -0.397. The second-order valence-corrected chi connectivity index (χ2v) is 6.24. The van der Waals surface area contributed by atoms with Gasteiger partial charge in [0.05, 0.1) is 5.56 Å². The molecule has 5 heteroatoms. The molecule has 0 aromatic heterocycles. The maximum Gasteiger partial charge on any atom is 0.255 e. The van der Waals surface area contributed by atoms with E-state index < -0.39 is 5.91 Å². The molecule has 3 aromatic rings. The van der Waals surface area contributed by atoms with E-state index in [4.69, 9.17) is 5.73 Å². The van der Waals surface area contributed by atoms with Gasteiger partial charge in [-0.3, -0.25) is 9.59 Å². The fraction of sp³-hybridized carbons (Fsp3) is 0.0909. The lowest BCUT2D eigenvalue weighted by molar-refractivity contribution is 0.0947. The van der Waals surface area contributed by atoms with Crippen LogP contribution in [0.15, 0.2) is 72.8 Å². The van der Waals surface area contributed by atoms with Gasteiger partial charge < -0.3 is 16.2 Å². The SMILES string of the molecule is C=C(CCNC(=O)c1ccc2ccccc2c1O)C(=O)c1ccc(N)cc1. The van der Waals surface area contributed by atoms with Gasteiger partial charge in [0, 0.05) is 23.2 Å². The number of nitrogens with two attached hydrogens (primary N) is 1. The van der Waals surface area contributed by atoms with Crippen LogP contribution in [0.2, 0.25) is 0 Å². The highest BCUT2D eigenvalue weighted by Gasteiger charge is 2.14. The zero-order valence-electron chi connectivity index (χ0n) is 14.7. The molecule has 0 saturated carbocycles. The van der Waals surface area contributed by atoms with Crippen molar-refractivity contribution in [2.24, 2.45) is 0 Å². The van der Waals surface area contributed by atoms with Crippen LogP contribution in [0.5, 0.6) is 5.75 Å². The molecule has 0 aliphatic heterocycles. The van der Waals surface area contributed by atoms with E-state index >= 15 is 0 Å². The third-order valence-corrected chi connectivity index (χ3v) is 4.35. The van der Waals surface area contributed by atoms with E-state index in [2.05, 4.69) is 11.9 Å². The minimum absolute atomic E-state index is 0.0534. The maximum absolute atomic E-state index is 12.4. The molecule has 5 nitrogen and oxygen atoms in total. The highest BCUT2D eigenvalue weighted by atomic mass is 16.3. The van der Waals surface area contributed by atoms with Crippen molar-refractivity contribution in [1.29, 1.82) is 0 Å². The van der Waals surface area contributed by atoms with Crippen molar-refractivity contribution in [2.75, 3.05) is 12.3 Å². The van der Waals surface area contributed by atoms with Crippen LogP contribution in [0.1, 0.15) is 27.1 Å². The molecule has 0 aliphatic carbocycles. The number of carbonyl (C=O) groups excluding carboxylic acids is 2. The van der Waals surface area contributed by atoms with Gasteiger partial charge in [-0.05, 0) is 47.7 Å². The largest absolute Gasteiger partial charge is 0.506 e. The Hall–Kier alpha value is -3.60. The number of nitrogens with one attached hydrogen (secondary N) is 1. The molecular formula is C22H20N2O3. The Morgan fingerprint density at radius 2 is 1.70 bits per heavy atom. The van der Waals surface area contributed by atoms with E-state index in [1.165, 1.54) is 0 Å². The quantitative estimate of drug-likeness (QED) is 0.355. The number of ketones is 1. The molecule has 0 fully saturated rings. The minimum Gasteiger partial charge on any atom is -0.506 e. The molecule has 3 aromatic carbocycles. The van der Waals surface area contributed by atoms with Crippen LogP contribution in [-0.4, -0.2) is 23.3 Å². The lowest BCUT2D eigenvalue weighted by Crippen LogP contribution is -2.25. The molecular weight excluding hydrogens is 340 g/mol. The molecule has 0 radical (unpaired) electrons. The molecule has 0 heterocycles. The molecule has 0 unspecified atom stereocenters. The summed E-state index contributed by atoms with van der Waals surface area (Å²) in [5.41, 5.74) is 7.30. The zero-order valence-corrected chi connectivity index (χ0v) is 14.7. The number of benzene rings is 3. The Morgan fingerprint density at radius 1 is 1.00 bits per heavy atom. The summed E-state index contributed by atoms with van der Waals surface area (Å²) in [5, 5.41) is 14.5. The van der Waals surface area contributed by atoms with Gasteiger partial charge in [0.15, 0.2) is 5.78 Å². The molecule has 0 saturated heterocycles. The summed E-state index contributed by atoms with van der Waals surface area (Å²) in [6.07, 6.45) is 0.309. The maximum atomic E-state index is 12.4. The number of Topliss-reactive ketones (excluding diaryl/α,β-unsaturated/α-hetero) is 1. The van der Waals surface area contributed by atoms with Crippen LogP contribution >= 0.6 is 0 Å². The van der Waals surface area contributed by atoms with Crippen LogP contribution in [0.3, 0.4) is 0 Å². The van der Waals surface area contributed by atoms with Crippen LogP contribution in [0, 0.1) is 0 Å². The number of phenols is 1. The fourth-order valence-electron chi connectivity index (χ4n) is 2.81. The predicted molar refractivity (Wildman–Crippen MR) is 107 cm³/mol. The molecule has 0 bridgehead atoms. The highest BCUT2D eigenvalue weighted by Crippen LogP contribution is 2.28. The number of hydrogen-bond acceptors (Lipinski definition) is 4. The number of carbonyl (C=O) groups is 2. The second-order valence-electron chi connectivity index (χ2n) is 6.24. The summed E-state index contributed by atoms with van der Waals surface area (Å²) in [6, 6.07) is 17.3. The lowest BCUT2D eigenvalue weighted by Gasteiger charge is -2.10. The van der Waals surface area contributed by atoms with E-state index in [0.29, 0.717) is 28.6 Å². The Bertz CT molecular complexity index is 1020. The van der Waals surface area contributed by atoms with Gasteiger partial charge in [-0.1, -0.05) is 36.9 Å². The molecule has 0 aliphatic rings. The molecule has 4 N–H and O–H groups in total. The summed E-state index contributed by atoms with van der Waals surface area (Å²) in [5.74, 6) is -0.633. The van der Waals surface area contributed by atoms with Gasteiger partial charge in [-0.15, -0.1) is 0 Å². The fourth-order valence-corrected chi connectivity index (χ4v) is 2.81. The molecule has 0 atom stereocenters. The molecule has 136 valence electrons. The Labute approximate surface area is 157 Å². The Balaban J connectivity index is 1.61. The predicted octanol–water partition coefficient (Wildman–Crippen LogP) is 3.69. The first-order valence-electron chi connectivity index (χ1n) is 8.54. The van der Waals surface area contributed by atoms with Gasteiger partial charge in [0.25, 0.3) is 5.91 Å². The van der Waals surface area contributed by atoms with Crippen molar-refractivity contribution < 1.29 is 14.7 Å². The van der Waals surface area contributed by atoms with Gasteiger partial charge in [-0.25, -0.2) is 0 Å². The van der Waals surface area contributed by atoms with Crippen molar-refractivity contribution in [3.63, 3.8) is 0 Å². The number of rotatable bonds is 6. The van der Waals surface area contributed by atoms with E-state index in [1.807, 2.05) is 12.1 Å². The summed E-state index contributed by atoms with van der Waals surface area (Å²) < 4.78 is 0. The first-order valence-corrected chi connectivity index (χ1v) is 8.54. The zero-order chi connectivity index (χ0) is 19.4. The van der Waals surface area contributed by atoms with Gasteiger partial charge in [0.1, 0.15) is 5.75 Å². The van der Waals surface area contributed by atoms with E-state index in [0.717, 1.165) is 5.39 Å². The van der Waals surface area contributed by atoms with E-state index in [1.54, 1.807) is 48.5 Å². The van der Waals surface area contributed by atoms with Crippen LogP contribution in [0.4, 0.5) is 5.69 Å². The lowest BCUT2D eigenvalue weighted by atomic mass is 10.0. The Morgan fingerprint density at radius 3 is 2.44 bits per heavy atom. The van der Waals surface area contributed by atoms with E-state index in [9.17, 15) is 14.7 Å². The van der Waals surface area contributed by atoms with Crippen molar-refractivity contribution in [2.45, 2.75) is 6.42 Å². The van der Waals surface area contributed by atoms with E-state index in [-0.39, 0.29) is 23.6 Å². The van der Waals surface area contributed by atoms with Crippen molar-refractivity contribution >= 4 is 28.2 Å². The van der Waals surface area contributed by atoms with Crippen LogP contribution in [0.25, 0.3) is 10.8 Å². The summed E-state index contributed by atoms with van der Waals surface area (Å²) in [7, 11) is 0. The molecule has 0 spiro atoms. The number of nitrogen functional groups attached to an aromatic ring is 1. The van der Waals surface area contributed by atoms with Crippen LogP contribution < -0.4 is 11.1 Å². The number of amides is 1. The summed E-state index contributed by atoms with van der Waals surface area (Å²) in [6.45, 7) is 4.04. The van der Waals surface area contributed by atoms with Gasteiger partial charge >= 0.3 is 0 Å². The number of phenolic OH excluding ortho intramolecular Hbond substituents is 1. The highest BCUT2D eigenvalue weighted by molar-refractivity contribution is 6.08. The van der Waals surface area contributed by atoms with Gasteiger partial charge in [-0.2, -0.15) is 0 Å². The first-order chi connectivity index (χ1) is 13.0. The third kappa shape index (κ3) is 3.98. The molecule has 27 heavy (non-hydrogen) atoms. The smallest absolute Gasteiger partial charge is 0.255 e. The average Bonchev–Trinajstić information content (AvgIpc) is 2.68. The standard InChI is InChI=1S/C22H20N2O3/c1-14(20(25)16-6-9-17(23)10-7-16)12-13-24-22(27)19-11-8-15-4-2-3-5-18(15)21(19)26/h2-11,26H,1,12-13,23H2,(H,24,27). The third-order valence-electron chi connectivity index (χ3n) is 4.35. The van der Waals surface area contributed by atoms with Gasteiger partial charge in [0.2, 0.25) is 0 Å². The van der Waals surface area contributed by atoms with Crippen molar-refractivity contribution in [3.05, 3.63) is 83.9 Å². The summed E-state index contributed by atoms with van der Waals surface area (Å²) >= 11 is 0.